The molecule has 1 aliphatic rings. The minimum Gasteiger partial charge on any atom is -0.376 e. The van der Waals surface area contributed by atoms with Gasteiger partial charge in [-0.2, -0.15) is 35.0 Å². The highest BCUT2D eigenvalue weighted by Crippen LogP contribution is 2.39. The fraction of sp³-hybridized carbons (Fsp3) is 0.583. The van der Waals surface area contributed by atoms with E-state index in [0.29, 0.717) is 11.2 Å². The zero-order valence-electron chi connectivity index (χ0n) is 22.4. The number of hydrogen-bond acceptors (Lipinski definition) is 7. The van der Waals surface area contributed by atoms with Crippen molar-refractivity contribution in [3.63, 3.8) is 0 Å². The molecule has 0 saturated carbocycles. The first-order chi connectivity index (χ1) is 18.6. The van der Waals surface area contributed by atoms with Crippen molar-refractivity contribution in [1.82, 2.24) is 8.61 Å². The largest absolute Gasteiger partial charge is 0.421 e. The van der Waals surface area contributed by atoms with E-state index in [0.717, 1.165) is 27.8 Å². The fourth-order valence-corrected chi connectivity index (χ4v) is 8.60. The van der Waals surface area contributed by atoms with Crippen LogP contribution in [0, 0.1) is 5.92 Å². The molecule has 41 heavy (non-hydrogen) atoms. The van der Waals surface area contributed by atoms with Gasteiger partial charge in [-0.3, -0.25) is 0 Å². The molecule has 1 aliphatic heterocycles. The van der Waals surface area contributed by atoms with Crippen molar-refractivity contribution in [2.24, 2.45) is 5.92 Å². The molecule has 0 bridgehead atoms. The van der Waals surface area contributed by atoms with Crippen molar-refractivity contribution in [1.29, 1.82) is 0 Å². The van der Waals surface area contributed by atoms with Crippen LogP contribution in [0.3, 0.4) is 0 Å². The van der Waals surface area contributed by atoms with Crippen molar-refractivity contribution in [2.45, 2.75) is 49.0 Å². The van der Waals surface area contributed by atoms with E-state index in [9.17, 15) is 48.3 Å². The van der Waals surface area contributed by atoms with Crippen LogP contribution in [0.15, 0.2) is 46.0 Å². The normalized spacial score (nSPS) is 19.6. The van der Waals surface area contributed by atoms with E-state index in [1.807, 2.05) is 0 Å². The van der Waals surface area contributed by atoms with E-state index >= 15 is 0 Å². The molecule has 0 aliphatic carbocycles. The molecule has 2 atom stereocenters. The lowest BCUT2D eigenvalue weighted by molar-refractivity contribution is -0.258. The smallest absolute Gasteiger partial charge is 0.376 e. The second-order valence-electron chi connectivity index (χ2n) is 10.3. The van der Waals surface area contributed by atoms with E-state index < -0.39 is 61.9 Å². The number of rotatable bonds is 10. The van der Waals surface area contributed by atoms with Gasteiger partial charge in [-0.05, 0) is 42.0 Å². The van der Waals surface area contributed by atoms with Crippen LogP contribution in [-0.4, -0.2) is 87.4 Å². The lowest BCUT2D eigenvalue weighted by Crippen LogP contribution is -2.59. The molecule has 0 amide bonds. The predicted molar refractivity (Wildman–Crippen MR) is 143 cm³/mol. The first-order valence-corrected chi connectivity index (χ1v) is 16.3. The van der Waals surface area contributed by atoms with E-state index in [1.54, 1.807) is 24.1 Å². The van der Waals surface area contributed by atoms with Crippen LogP contribution in [0.25, 0.3) is 0 Å². The van der Waals surface area contributed by atoms with Crippen LogP contribution in [0.2, 0.25) is 0 Å². The number of benzene rings is 1. The third-order valence-electron chi connectivity index (χ3n) is 6.57. The van der Waals surface area contributed by atoms with Crippen LogP contribution >= 0.6 is 11.3 Å². The molecule has 1 aromatic heterocycles. The van der Waals surface area contributed by atoms with Crippen molar-refractivity contribution in [3.05, 3.63) is 47.3 Å². The van der Waals surface area contributed by atoms with Gasteiger partial charge in [0.2, 0.25) is 10.0 Å². The van der Waals surface area contributed by atoms with Crippen molar-refractivity contribution in [3.8, 4) is 0 Å². The van der Waals surface area contributed by atoms with Gasteiger partial charge >= 0.3 is 12.4 Å². The first-order valence-electron chi connectivity index (χ1n) is 12.4. The summed E-state index contributed by atoms with van der Waals surface area (Å²) in [4.78, 5) is 1.56. The summed E-state index contributed by atoms with van der Waals surface area (Å²) < 4.78 is 133. The molecule has 232 valence electrons. The van der Waals surface area contributed by atoms with Crippen LogP contribution in [0.1, 0.15) is 26.3 Å². The van der Waals surface area contributed by atoms with Gasteiger partial charge in [-0.15, -0.1) is 11.3 Å². The molecule has 2 aromatic rings. The maximum Gasteiger partial charge on any atom is 0.421 e. The summed E-state index contributed by atoms with van der Waals surface area (Å²) in [5, 5.41) is 11.6. The highest BCUT2D eigenvalue weighted by atomic mass is 32.2. The Labute approximate surface area is 239 Å². The maximum atomic E-state index is 13.3. The summed E-state index contributed by atoms with van der Waals surface area (Å²) >= 11 is 0.971. The number of piperazine rings is 1. The van der Waals surface area contributed by atoms with Crippen molar-refractivity contribution in [2.75, 3.05) is 43.4 Å². The Bertz CT molecular complexity index is 1380. The zero-order valence-corrected chi connectivity index (χ0v) is 24.8. The summed E-state index contributed by atoms with van der Waals surface area (Å²) in [5.41, 5.74) is -3.33. The summed E-state index contributed by atoms with van der Waals surface area (Å²) in [6.07, 6.45) is -9.98. The third-order valence-corrected chi connectivity index (χ3v) is 11.6. The maximum absolute atomic E-state index is 13.3. The minimum atomic E-state index is -5.01. The molecule has 0 spiro atoms. The first kappa shape index (κ1) is 33.6. The number of hydrogen-bond donors (Lipinski definition) is 1. The molecule has 1 aromatic carbocycles. The quantitative estimate of drug-likeness (QED) is 0.386. The standard InChI is InChI=1S/C24H31F6N3O5S3/c1-17(2)13-32(40(35,36)16-23(25,26)27)15-20-14-31(41(37,38)21-5-4-12-39-21)10-11-33(20)19-8-6-18(7-9-19)22(3,34)24(28,29)30/h4-9,12,17,20,34H,10-11,13-16H2,1-3H3/t20-,22+/m1/s1. The van der Waals surface area contributed by atoms with E-state index in [2.05, 4.69) is 0 Å². The number of aliphatic hydroxyl groups is 1. The summed E-state index contributed by atoms with van der Waals surface area (Å²) in [5.74, 6) is -2.47. The molecule has 8 nitrogen and oxygen atoms in total. The van der Waals surface area contributed by atoms with Gasteiger partial charge < -0.3 is 10.0 Å². The van der Waals surface area contributed by atoms with Gasteiger partial charge in [0.05, 0.1) is 6.04 Å². The molecule has 17 heteroatoms. The topological polar surface area (TPSA) is 98.2 Å². The summed E-state index contributed by atoms with van der Waals surface area (Å²) in [6.45, 7) is 2.66. The fourth-order valence-electron chi connectivity index (χ4n) is 4.46. The number of thiophene rings is 1. The molecule has 0 radical (unpaired) electrons. The van der Waals surface area contributed by atoms with Gasteiger partial charge in [0.1, 0.15) is 4.21 Å². The van der Waals surface area contributed by atoms with E-state index in [1.165, 1.54) is 24.3 Å². The molecule has 3 rings (SSSR count). The Morgan fingerprint density at radius 2 is 1.63 bits per heavy atom. The second kappa shape index (κ2) is 12.0. The average molecular weight is 652 g/mol. The highest BCUT2D eigenvalue weighted by Gasteiger charge is 2.51. The average Bonchev–Trinajstić information content (AvgIpc) is 3.37. The Morgan fingerprint density at radius 1 is 1.02 bits per heavy atom. The van der Waals surface area contributed by atoms with Gasteiger partial charge in [0, 0.05) is 38.4 Å². The molecule has 1 saturated heterocycles. The monoisotopic (exact) mass is 651 g/mol. The number of halogens is 6. The van der Waals surface area contributed by atoms with Crippen LogP contribution in [0.5, 0.6) is 0 Å². The van der Waals surface area contributed by atoms with Gasteiger partial charge in [0.15, 0.2) is 11.4 Å². The van der Waals surface area contributed by atoms with Gasteiger partial charge in [-0.1, -0.05) is 32.0 Å². The van der Waals surface area contributed by atoms with E-state index in [4.69, 9.17) is 0 Å². The molecule has 0 unspecified atom stereocenters. The number of anilines is 1. The SMILES string of the molecule is CC(C)CN(C[C@H]1CN(S(=O)(=O)c2cccs2)CCN1c1ccc([C@](C)(O)C(F)(F)F)cc1)S(=O)(=O)CC(F)(F)F. The lowest BCUT2D eigenvalue weighted by atomic mass is 9.95. The van der Waals surface area contributed by atoms with E-state index in [-0.39, 0.29) is 42.0 Å². The van der Waals surface area contributed by atoms with Crippen LogP contribution < -0.4 is 4.90 Å². The number of sulfonamides is 2. The zero-order chi connectivity index (χ0) is 31.0. The minimum absolute atomic E-state index is 0.0287. The Kier molecular flexibility index (Phi) is 9.82. The Hall–Kier alpha value is -1.92. The molecular weight excluding hydrogens is 620 g/mol. The molecular formula is C24H31F6N3O5S3. The third kappa shape index (κ3) is 7.93. The predicted octanol–water partition coefficient (Wildman–Crippen LogP) is 4.25. The van der Waals surface area contributed by atoms with Gasteiger partial charge in [0.25, 0.3) is 10.0 Å². The number of nitrogens with zero attached hydrogens (tertiary/aromatic N) is 3. The number of alkyl halides is 6. The summed E-state index contributed by atoms with van der Waals surface area (Å²) in [7, 11) is -8.86. The Morgan fingerprint density at radius 3 is 2.12 bits per heavy atom. The van der Waals surface area contributed by atoms with Crippen LogP contribution in [0.4, 0.5) is 32.0 Å². The van der Waals surface area contributed by atoms with Gasteiger partial charge in [-0.25, -0.2) is 16.8 Å². The molecule has 2 heterocycles. The Balaban J connectivity index is 2.01. The van der Waals surface area contributed by atoms with Crippen molar-refractivity contribution < 1.29 is 48.3 Å². The highest BCUT2D eigenvalue weighted by molar-refractivity contribution is 7.91. The second-order valence-corrected chi connectivity index (χ2v) is 15.4. The molecule has 1 fully saturated rings. The lowest BCUT2D eigenvalue weighted by Gasteiger charge is -2.44. The molecule has 1 N–H and O–H groups in total. The van der Waals surface area contributed by atoms with Crippen LogP contribution in [-0.2, 0) is 25.6 Å². The van der Waals surface area contributed by atoms with Crippen molar-refractivity contribution >= 4 is 37.1 Å². The summed E-state index contributed by atoms with van der Waals surface area (Å²) in [6, 6.07) is 6.56.